The fraction of sp³-hybridized carbons (Fsp3) is 0.471. The number of rotatable bonds is 3. The van der Waals surface area contributed by atoms with E-state index < -0.39 is 5.82 Å². The van der Waals surface area contributed by atoms with Gasteiger partial charge in [0, 0.05) is 32.6 Å². The van der Waals surface area contributed by atoms with Crippen LogP contribution in [0.2, 0.25) is 0 Å². The quantitative estimate of drug-likeness (QED) is 0.860. The van der Waals surface area contributed by atoms with Gasteiger partial charge in [0.25, 0.3) is 5.91 Å². The molecule has 0 N–H and O–H groups in total. The Balaban J connectivity index is 1.73. The van der Waals surface area contributed by atoms with Crippen LogP contribution in [-0.4, -0.2) is 38.2 Å². The van der Waals surface area contributed by atoms with E-state index in [0.717, 1.165) is 18.7 Å². The first-order chi connectivity index (χ1) is 11.5. The molecule has 0 saturated carbocycles. The number of hydrogen-bond donors (Lipinski definition) is 0. The van der Waals surface area contributed by atoms with Crippen molar-refractivity contribution in [1.29, 1.82) is 0 Å². The molecule has 0 unspecified atom stereocenters. The van der Waals surface area contributed by atoms with Crippen molar-refractivity contribution in [3.63, 3.8) is 0 Å². The first-order valence-electron chi connectivity index (χ1n) is 8.20. The number of halogens is 1. The second-order valence-electron chi connectivity index (χ2n) is 6.05. The van der Waals surface area contributed by atoms with Crippen LogP contribution in [-0.2, 0) is 13.6 Å². The van der Waals surface area contributed by atoms with Crippen molar-refractivity contribution in [3.8, 4) is 0 Å². The molecule has 0 spiro atoms. The Labute approximate surface area is 139 Å². The van der Waals surface area contributed by atoms with Crippen molar-refractivity contribution in [3.05, 3.63) is 52.0 Å². The highest BCUT2D eigenvalue weighted by Gasteiger charge is 2.29. The van der Waals surface area contributed by atoms with Crippen LogP contribution < -0.4 is 5.69 Å². The largest absolute Gasteiger partial charge is 0.345 e. The minimum Gasteiger partial charge on any atom is -0.339 e. The van der Waals surface area contributed by atoms with Crippen LogP contribution in [0.4, 0.5) is 4.39 Å². The van der Waals surface area contributed by atoms with E-state index in [1.807, 2.05) is 6.92 Å². The number of benzene rings is 1. The lowest BCUT2D eigenvalue weighted by molar-refractivity contribution is 0.0705. The number of aromatic nitrogens is 3. The smallest absolute Gasteiger partial charge is 0.339 e. The predicted octanol–water partition coefficient (Wildman–Crippen LogP) is 1.76. The molecule has 6 nitrogen and oxygen atoms in total. The number of carbonyl (C=O) groups excluding carboxylic acids is 1. The average Bonchev–Trinajstić information content (AvgIpc) is 2.89. The summed E-state index contributed by atoms with van der Waals surface area (Å²) in [6.07, 6.45) is 1.44. The Hall–Kier alpha value is -2.44. The van der Waals surface area contributed by atoms with Gasteiger partial charge in [-0.15, -0.1) is 0 Å². The third-order valence-corrected chi connectivity index (χ3v) is 4.60. The van der Waals surface area contributed by atoms with Crippen molar-refractivity contribution in [2.24, 2.45) is 7.05 Å². The first kappa shape index (κ1) is 16.4. The van der Waals surface area contributed by atoms with Crippen LogP contribution in [0, 0.1) is 5.82 Å². The number of piperidine rings is 1. The lowest BCUT2D eigenvalue weighted by Crippen LogP contribution is -2.39. The molecule has 1 amide bonds. The Morgan fingerprint density at radius 2 is 1.96 bits per heavy atom. The molecule has 24 heavy (non-hydrogen) atoms. The fourth-order valence-electron chi connectivity index (χ4n) is 3.27. The molecule has 2 heterocycles. The standard InChI is InChI=1S/C17H21FN4O2/c1-3-22-15(19-20(2)17(22)24)12-8-10-21(11-9-12)16(23)13-6-4-5-7-14(13)18/h4-7,12H,3,8-11H2,1-2H3. The topological polar surface area (TPSA) is 60.1 Å². The molecular formula is C17H21FN4O2. The van der Waals surface area contributed by atoms with E-state index in [0.29, 0.717) is 19.6 Å². The molecule has 3 rings (SSSR count). The Morgan fingerprint density at radius 1 is 1.29 bits per heavy atom. The van der Waals surface area contributed by atoms with Crippen molar-refractivity contribution in [1.82, 2.24) is 19.2 Å². The molecular weight excluding hydrogens is 311 g/mol. The van der Waals surface area contributed by atoms with Gasteiger partial charge in [0.15, 0.2) is 0 Å². The summed E-state index contributed by atoms with van der Waals surface area (Å²) in [6, 6.07) is 6.05. The molecule has 0 radical (unpaired) electrons. The minimum absolute atomic E-state index is 0.110. The summed E-state index contributed by atoms with van der Waals surface area (Å²) < 4.78 is 16.8. The summed E-state index contributed by atoms with van der Waals surface area (Å²) in [5, 5.41) is 4.35. The van der Waals surface area contributed by atoms with Crippen LogP contribution in [0.3, 0.4) is 0 Å². The number of likely N-dealkylation sites (tertiary alicyclic amines) is 1. The summed E-state index contributed by atoms with van der Waals surface area (Å²) in [6.45, 7) is 3.57. The molecule has 1 aliphatic heterocycles. The van der Waals surface area contributed by atoms with Gasteiger partial charge in [-0.2, -0.15) is 5.10 Å². The predicted molar refractivity (Wildman–Crippen MR) is 87.4 cm³/mol. The molecule has 0 bridgehead atoms. The van der Waals surface area contributed by atoms with Crippen LogP contribution >= 0.6 is 0 Å². The van der Waals surface area contributed by atoms with Gasteiger partial charge in [-0.1, -0.05) is 12.1 Å². The summed E-state index contributed by atoms with van der Waals surface area (Å²) in [5.74, 6) is 0.154. The molecule has 1 fully saturated rings. The van der Waals surface area contributed by atoms with Gasteiger partial charge in [-0.25, -0.2) is 13.9 Å². The maximum Gasteiger partial charge on any atom is 0.345 e. The average molecular weight is 332 g/mol. The molecule has 1 aliphatic rings. The maximum atomic E-state index is 13.8. The molecule has 0 atom stereocenters. The summed E-state index contributed by atoms with van der Waals surface area (Å²) in [7, 11) is 1.65. The SMILES string of the molecule is CCn1c(C2CCN(C(=O)c3ccccc3F)CC2)nn(C)c1=O. The third kappa shape index (κ3) is 2.86. The number of hydrogen-bond acceptors (Lipinski definition) is 3. The van der Waals surface area contributed by atoms with E-state index in [1.54, 1.807) is 28.6 Å². The van der Waals surface area contributed by atoms with E-state index in [-0.39, 0.29) is 23.1 Å². The van der Waals surface area contributed by atoms with E-state index in [4.69, 9.17) is 0 Å². The highest BCUT2D eigenvalue weighted by molar-refractivity contribution is 5.94. The van der Waals surface area contributed by atoms with Gasteiger partial charge in [0.1, 0.15) is 11.6 Å². The first-order valence-corrected chi connectivity index (χ1v) is 8.20. The maximum absolute atomic E-state index is 13.8. The molecule has 2 aromatic rings. The monoisotopic (exact) mass is 332 g/mol. The van der Waals surface area contributed by atoms with Crippen molar-refractivity contribution < 1.29 is 9.18 Å². The lowest BCUT2D eigenvalue weighted by atomic mass is 9.95. The van der Waals surface area contributed by atoms with Crippen LogP contribution in [0.1, 0.15) is 41.9 Å². The Bertz CT molecular complexity index is 803. The van der Waals surface area contributed by atoms with Gasteiger partial charge < -0.3 is 4.90 Å². The van der Waals surface area contributed by atoms with Gasteiger partial charge >= 0.3 is 5.69 Å². The van der Waals surface area contributed by atoms with Gasteiger partial charge in [-0.05, 0) is 31.9 Å². The second kappa shape index (κ2) is 6.59. The van der Waals surface area contributed by atoms with Crippen LogP contribution in [0.25, 0.3) is 0 Å². The summed E-state index contributed by atoms with van der Waals surface area (Å²) in [5.41, 5.74) is -0.00313. The Morgan fingerprint density at radius 3 is 2.58 bits per heavy atom. The third-order valence-electron chi connectivity index (χ3n) is 4.60. The van der Waals surface area contributed by atoms with Crippen molar-refractivity contribution in [2.45, 2.75) is 32.2 Å². The molecule has 1 saturated heterocycles. The number of amides is 1. The Kier molecular flexibility index (Phi) is 4.51. The van der Waals surface area contributed by atoms with Crippen LogP contribution in [0.5, 0.6) is 0 Å². The van der Waals surface area contributed by atoms with Crippen molar-refractivity contribution in [2.75, 3.05) is 13.1 Å². The van der Waals surface area contributed by atoms with E-state index in [1.165, 1.54) is 16.8 Å². The zero-order valence-electron chi connectivity index (χ0n) is 13.9. The molecule has 7 heteroatoms. The normalized spacial score (nSPS) is 15.7. The lowest BCUT2D eigenvalue weighted by Gasteiger charge is -2.31. The molecule has 0 aliphatic carbocycles. The minimum atomic E-state index is -0.492. The number of aryl methyl sites for hydroxylation is 1. The summed E-state index contributed by atoms with van der Waals surface area (Å²) >= 11 is 0. The van der Waals surface area contributed by atoms with E-state index in [2.05, 4.69) is 5.10 Å². The highest BCUT2D eigenvalue weighted by atomic mass is 19.1. The van der Waals surface area contributed by atoms with E-state index >= 15 is 0 Å². The molecule has 1 aromatic heterocycles. The zero-order chi connectivity index (χ0) is 17.3. The molecule has 1 aromatic carbocycles. The number of carbonyl (C=O) groups is 1. The van der Waals surface area contributed by atoms with Gasteiger partial charge in [-0.3, -0.25) is 9.36 Å². The second-order valence-corrected chi connectivity index (χ2v) is 6.05. The van der Waals surface area contributed by atoms with Gasteiger partial charge in [0.2, 0.25) is 0 Å². The van der Waals surface area contributed by atoms with Gasteiger partial charge in [0.05, 0.1) is 5.56 Å². The zero-order valence-corrected chi connectivity index (χ0v) is 13.9. The fourth-order valence-corrected chi connectivity index (χ4v) is 3.27. The van der Waals surface area contributed by atoms with Crippen molar-refractivity contribution >= 4 is 5.91 Å². The highest BCUT2D eigenvalue weighted by Crippen LogP contribution is 2.27. The van der Waals surface area contributed by atoms with Crippen LogP contribution in [0.15, 0.2) is 29.1 Å². The summed E-state index contributed by atoms with van der Waals surface area (Å²) in [4.78, 5) is 26.1. The number of nitrogens with zero attached hydrogens (tertiary/aromatic N) is 4. The molecule has 128 valence electrons. The van der Waals surface area contributed by atoms with E-state index in [9.17, 15) is 14.0 Å².